The van der Waals surface area contributed by atoms with Crippen LogP contribution < -0.4 is 10.6 Å². The summed E-state index contributed by atoms with van der Waals surface area (Å²) in [5.41, 5.74) is 4.26. The van der Waals surface area contributed by atoms with Crippen LogP contribution >= 0.6 is 0 Å². The van der Waals surface area contributed by atoms with Gasteiger partial charge in [0.25, 0.3) is 11.8 Å². The quantitative estimate of drug-likeness (QED) is 0.407. The molecule has 4 amide bonds. The molecule has 0 spiro atoms. The zero-order valence-electron chi connectivity index (χ0n) is 19.0. The highest BCUT2D eigenvalue weighted by molar-refractivity contribution is 6.25. The van der Waals surface area contributed by atoms with Gasteiger partial charge in [-0.1, -0.05) is 42.5 Å². The monoisotopic (exact) mass is 468 g/mol. The summed E-state index contributed by atoms with van der Waals surface area (Å²) in [5.74, 6) is -2.01. The standard InChI is InChI=1S/C27H24N4O4/c32-23-11-10-22(25(33)30-23)31-26(34)21-9-3-8-20(24(21)27(31)35)19-7-2-1-6-18(19)12-14-29-16-17-5-4-13-28-15-17/h1-9,13,15,22,29H,10-12,14,16H2,(H,30,32,33). The van der Waals surface area contributed by atoms with E-state index in [4.69, 9.17) is 0 Å². The minimum absolute atomic E-state index is 0.0888. The zero-order valence-corrected chi connectivity index (χ0v) is 19.0. The average molecular weight is 469 g/mol. The van der Waals surface area contributed by atoms with Crippen LogP contribution in [0.3, 0.4) is 0 Å². The maximum absolute atomic E-state index is 13.5. The number of rotatable bonds is 7. The van der Waals surface area contributed by atoms with Crippen molar-refractivity contribution in [1.29, 1.82) is 0 Å². The Bertz CT molecular complexity index is 1320. The number of amides is 4. The lowest BCUT2D eigenvalue weighted by molar-refractivity contribution is -0.136. The third-order valence-corrected chi connectivity index (χ3v) is 6.40. The first-order chi connectivity index (χ1) is 17.0. The Morgan fingerprint density at radius 2 is 1.71 bits per heavy atom. The SMILES string of the molecule is O=C1CCC(N2C(=O)c3cccc(-c4ccccc4CCNCc4cccnc4)c3C2=O)C(=O)N1. The molecule has 2 aliphatic heterocycles. The molecule has 176 valence electrons. The molecule has 3 aromatic rings. The van der Waals surface area contributed by atoms with E-state index in [-0.39, 0.29) is 18.4 Å². The van der Waals surface area contributed by atoms with E-state index in [1.165, 1.54) is 0 Å². The van der Waals surface area contributed by atoms with Gasteiger partial charge in [0.05, 0.1) is 11.1 Å². The lowest BCUT2D eigenvalue weighted by atomic mass is 9.92. The van der Waals surface area contributed by atoms with Crippen LogP contribution in [0.15, 0.2) is 67.0 Å². The molecule has 1 aromatic heterocycles. The third kappa shape index (κ3) is 4.36. The number of hydrogen-bond acceptors (Lipinski definition) is 6. The second-order valence-electron chi connectivity index (χ2n) is 8.62. The van der Waals surface area contributed by atoms with Crippen molar-refractivity contribution in [3.05, 3.63) is 89.2 Å². The van der Waals surface area contributed by atoms with Crippen LogP contribution in [0.4, 0.5) is 0 Å². The van der Waals surface area contributed by atoms with Gasteiger partial charge >= 0.3 is 0 Å². The highest BCUT2D eigenvalue weighted by atomic mass is 16.2. The van der Waals surface area contributed by atoms with Gasteiger partial charge in [0.15, 0.2) is 0 Å². The normalized spacial score (nSPS) is 17.5. The maximum Gasteiger partial charge on any atom is 0.262 e. The molecule has 2 N–H and O–H groups in total. The van der Waals surface area contributed by atoms with Crippen LogP contribution in [0.1, 0.15) is 44.7 Å². The highest BCUT2D eigenvalue weighted by Gasteiger charge is 2.45. The van der Waals surface area contributed by atoms with Crippen molar-refractivity contribution >= 4 is 23.6 Å². The summed E-state index contributed by atoms with van der Waals surface area (Å²) >= 11 is 0. The van der Waals surface area contributed by atoms with Crippen molar-refractivity contribution in [3.63, 3.8) is 0 Å². The first kappa shape index (κ1) is 22.6. The number of piperidine rings is 1. The minimum Gasteiger partial charge on any atom is -0.312 e. The molecule has 0 bridgehead atoms. The number of nitrogens with one attached hydrogen (secondary N) is 2. The number of nitrogens with zero attached hydrogens (tertiary/aromatic N) is 2. The molecule has 1 saturated heterocycles. The largest absolute Gasteiger partial charge is 0.312 e. The van der Waals surface area contributed by atoms with E-state index in [2.05, 4.69) is 15.6 Å². The number of hydrogen-bond donors (Lipinski definition) is 2. The number of pyridine rings is 1. The fraction of sp³-hybridized carbons (Fsp3) is 0.222. The van der Waals surface area contributed by atoms with E-state index in [1.807, 2.05) is 48.7 Å². The van der Waals surface area contributed by atoms with Crippen molar-refractivity contribution < 1.29 is 19.2 Å². The number of carbonyl (C=O) groups excluding carboxylic acids is 4. The Kier molecular flexibility index (Phi) is 6.20. The van der Waals surface area contributed by atoms with Gasteiger partial charge in [-0.05, 0) is 53.8 Å². The highest BCUT2D eigenvalue weighted by Crippen LogP contribution is 2.36. The Hall–Kier alpha value is -4.17. The molecule has 8 heteroatoms. The van der Waals surface area contributed by atoms with Gasteiger partial charge in [0.2, 0.25) is 11.8 Å². The van der Waals surface area contributed by atoms with Crippen molar-refractivity contribution in [1.82, 2.24) is 20.5 Å². The summed E-state index contributed by atoms with van der Waals surface area (Å²) < 4.78 is 0. The Morgan fingerprint density at radius 3 is 2.51 bits per heavy atom. The molecular formula is C27H24N4O4. The van der Waals surface area contributed by atoms with E-state index >= 15 is 0 Å². The van der Waals surface area contributed by atoms with Crippen molar-refractivity contribution in [2.75, 3.05) is 6.54 Å². The van der Waals surface area contributed by atoms with Crippen LogP contribution in [0.5, 0.6) is 0 Å². The van der Waals surface area contributed by atoms with Crippen LogP contribution in [0, 0.1) is 0 Å². The van der Waals surface area contributed by atoms with E-state index in [1.54, 1.807) is 18.3 Å². The second kappa shape index (κ2) is 9.60. The average Bonchev–Trinajstić information content (AvgIpc) is 3.13. The van der Waals surface area contributed by atoms with Gasteiger partial charge in [0.1, 0.15) is 6.04 Å². The molecular weight excluding hydrogens is 444 g/mol. The number of fused-ring (bicyclic) bond motifs is 1. The van der Waals surface area contributed by atoms with Crippen LogP contribution in [0.2, 0.25) is 0 Å². The Balaban J connectivity index is 1.40. The summed E-state index contributed by atoms with van der Waals surface area (Å²) in [6, 6.07) is 15.9. The summed E-state index contributed by atoms with van der Waals surface area (Å²) in [7, 11) is 0. The summed E-state index contributed by atoms with van der Waals surface area (Å²) in [6.07, 6.45) is 4.51. The molecule has 1 unspecified atom stereocenters. The Morgan fingerprint density at radius 1 is 0.914 bits per heavy atom. The molecule has 1 atom stereocenters. The summed E-state index contributed by atoms with van der Waals surface area (Å²) in [6.45, 7) is 1.42. The number of carbonyl (C=O) groups is 4. The van der Waals surface area contributed by atoms with Gasteiger partial charge in [-0.2, -0.15) is 0 Å². The second-order valence-corrected chi connectivity index (χ2v) is 8.62. The predicted octanol–water partition coefficient (Wildman–Crippen LogP) is 2.48. The summed E-state index contributed by atoms with van der Waals surface area (Å²) in [5, 5.41) is 5.65. The molecule has 0 aliphatic carbocycles. The molecule has 1 fully saturated rings. The molecule has 5 rings (SSSR count). The maximum atomic E-state index is 13.5. The van der Waals surface area contributed by atoms with Crippen molar-refractivity contribution in [2.24, 2.45) is 0 Å². The summed E-state index contributed by atoms with van der Waals surface area (Å²) in [4.78, 5) is 55.7. The van der Waals surface area contributed by atoms with Crippen LogP contribution in [0.25, 0.3) is 11.1 Å². The molecule has 0 saturated carbocycles. The van der Waals surface area contributed by atoms with Gasteiger partial charge in [-0.3, -0.25) is 34.4 Å². The smallest absolute Gasteiger partial charge is 0.262 e. The molecule has 2 aromatic carbocycles. The first-order valence-corrected chi connectivity index (χ1v) is 11.6. The number of benzene rings is 2. The van der Waals surface area contributed by atoms with E-state index in [9.17, 15) is 19.2 Å². The number of aromatic nitrogens is 1. The predicted molar refractivity (Wildman–Crippen MR) is 128 cm³/mol. The number of imide groups is 2. The minimum atomic E-state index is -0.986. The lowest BCUT2D eigenvalue weighted by Crippen LogP contribution is -2.54. The van der Waals surface area contributed by atoms with Gasteiger partial charge in [-0.15, -0.1) is 0 Å². The van der Waals surface area contributed by atoms with Gasteiger partial charge in [0, 0.05) is 25.4 Å². The van der Waals surface area contributed by atoms with Crippen molar-refractivity contribution in [2.45, 2.75) is 31.8 Å². The van der Waals surface area contributed by atoms with Crippen LogP contribution in [-0.2, 0) is 22.6 Å². The lowest BCUT2D eigenvalue weighted by Gasteiger charge is -2.27. The van der Waals surface area contributed by atoms with Gasteiger partial charge in [-0.25, -0.2) is 0 Å². The zero-order chi connectivity index (χ0) is 24.4. The topological polar surface area (TPSA) is 108 Å². The third-order valence-electron chi connectivity index (χ3n) is 6.40. The Labute approximate surface area is 202 Å². The van der Waals surface area contributed by atoms with E-state index < -0.39 is 29.7 Å². The molecule has 8 nitrogen and oxygen atoms in total. The van der Waals surface area contributed by atoms with Crippen LogP contribution in [-0.4, -0.2) is 46.1 Å². The molecule has 35 heavy (non-hydrogen) atoms. The molecule has 3 heterocycles. The molecule has 2 aliphatic rings. The van der Waals surface area contributed by atoms with E-state index in [0.717, 1.165) is 34.6 Å². The van der Waals surface area contributed by atoms with Gasteiger partial charge < -0.3 is 5.32 Å². The first-order valence-electron chi connectivity index (χ1n) is 11.6. The fourth-order valence-electron chi connectivity index (χ4n) is 4.70. The van der Waals surface area contributed by atoms with Crippen molar-refractivity contribution in [3.8, 4) is 11.1 Å². The van der Waals surface area contributed by atoms with E-state index in [0.29, 0.717) is 17.7 Å². The molecule has 0 radical (unpaired) electrons. The fourth-order valence-corrected chi connectivity index (χ4v) is 4.70.